The minimum atomic E-state index is -0.679. The Morgan fingerprint density at radius 3 is 1.49 bits per heavy atom. The number of rotatable bonds is 7. The van der Waals surface area contributed by atoms with E-state index in [1.54, 1.807) is 20.3 Å². The van der Waals surface area contributed by atoms with Crippen molar-refractivity contribution in [2.75, 3.05) is 24.2 Å². The molecule has 2 heterocycles. The Morgan fingerprint density at radius 2 is 1.08 bits per heavy atom. The van der Waals surface area contributed by atoms with Gasteiger partial charge in [-0.2, -0.15) is 10.2 Å². The number of amides is 2. The summed E-state index contributed by atoms with van der Waals surface area (Å²) in [7, 11) is 3.14. The van der Waals surface area contributed by atoms with Crippen molar-refractivity contribution >= 4 is 34.6 Å². The molecule has 8 heteroatoms. The van der Waals surface area contributed by atoms with E-state index in [1.165, 1.54) is 10.0 Å². The van der Waals surface area contributed by atoms with Crippen LogP contribution in [-0.2, 0) is 9.59 Å². The van der Waals surface area contributed by atoms with E-state index in [-0.39, 0.29) is 11.8 Å². The van der Waals surface area contributed by atoms with Crippen molar-refractivity contribution in [1.29, 1.82) is 0 Å². The fourth-order valence-corrected chi connectivity index (χ4v) is 5.37. The van der Waals surface area contributed by atoms with Gasteiger partial charge in [0.25, 0.3) is 11.8 Å². The zero-order valence-corrected chi connectivity index (χ0v) is 23.0. The van der Waals surface area contributed by atoms with Gasteiger partial charge < -0.3 is 9.47 Å². The standard InChI is InChI=1S/C31H32N4O4/c1-18-7-12-23(13-8-18)34-30(36)27(20(3)32-34)29(22-11-16-25(38-5)26(17-22)39-6)28-21(4)33-35(31(28)37)24-14-9-19(2)10-15-24/h7-17,27-29H,1-6H3. The molecule has 0 aliphatic carbocycles. The monoisotopic (exact) mass is 524 g/mol. The maximum Gasteiger partial charge on any atom is 0.256 e. The highest BCUT2D eigenvalue weighted by molar-refractivity contribution is 6.19. The van der Waals surface area contributed by atoms with Gasteiger partial charge in [0.05, 0.1) is 37.4 Å². The third-order valence-corrected chi connectivity index (χ3v) is 7.43. The van der Waals surface area contributed by atoms with Gasteiger partial charge in [0, 0.05) is 17.3 Å². The molecule has 8 nitrogen and oxygen atoms in total. The summed E-state index contributed by atoms with van der Waals surface area (Å²) < 4.78 is 11.0. The molecule has 2 atom stereocenters. The van der Waals surface area contributed by atoms with Gasteiger partial charge in [-0.05, 0) is 69.7 Å². The van der Waals surface area contributed by atoms with E-state index < -0.39 is 17.8 Å². The first-order chi connectivity index (χ1) is 18.7. The Balaban J connectivity index is 1.60. The average molecular weight is 525 g/mol. The highest BCUT2D eigenvalue weighted by Crippen LogP contribution is 2.44. The number of hydrazone groups is 2. The second-order valence-corrected chi connectivity index (χ2v) is 10.0. The lowest BCUT2D eigenvalue weighted by atomic mass is 9.73. The van der Waals surface area contributed by atoms with Crippen LogP contribution >= 0.6 is 0 Å². The minimum absolute atomic E-state index is 0.189. The van der Waals surface area contributed by atoms with Crippen LogP contribution in [0.3, 0.4) is 0 Å². The Hall–Kier alpha value is -4.46. The van der Waals surface area contributed by atoms with E-state index >= 15 is 0 Å². The van der Waals surface area contributed by atoms with Crippen molar-refractivity contribution in [3.63, 3.8) is 0 Å². The number of benzene rings is 3. The van der Waals surface area contributed by atoms with Crippen molar-refractivity contribution in [2.24, 2.45) is 22.0 Å². The molecule has 0 saturated heterocycles. The Labute approximate surface area is 228 Å². The Morgan fingerprint density at radius 1 is 0.641 bits per heavy atom. The highest BCUT2D eigenvalue weighted by Gasteiger charge is 2.50. The van der Waals surface area contributed by atoms with Gasteiger partial charge >= 0.3 is 0 Å². The van der Waals surface area contributed by atoms with Crippen molar-refractivity contribution in [2.45, 2.75) is 33.6 Å². The minimum Gasteiger partial charge on any atom is -0.493 e. The molecule has 0 bridgehead atoms. The second-order valence-electron chi connectivity index (χ2n) is 10.0. The van der Waals surface area contributed by atoms with E-state index in [0.717, 1.165) is 16.7 Å². The fraction of sp³-hybridized carbons (Fsp3) is 0.290. The van der Waals surface area contributed by atoms with E-state index in [9.17, 15) is 9.59 Å². The molecule has 2 unspecified atom stereocenters. The zero-order chi connectivity index (χ0) is 27.8. The molecule has 0 spiro atoms. The summed E-state index contributed by atoms with van der Waals surface area (Å²) in [6.45, 7) is 7.67. The predicted octanol–water partition coefficient (Wildman–Crippen LogP) is 5.48. The van der Waals surface area contributed by atoms with Crippen LogP contribution in [0.2, 0.25) is 0 Å². The molecule has 39 heavy (non-hydrogen) atoms. The first kappa shape index (κ1) is 26.2. The first-order valence-corrected chi connectivity index (χ1v) is 12.9. The van der Waals surface area contributed by atoms with Crippen molar-refractivity contribution in [3.8, 4) is 11.5 Å². The van der Waals surface area contributed by atoms with E-state index in [0.29, 0.717) is 34.3 Å². The number of hydrogen-bond acceptors (Lipinski definition) is 6. The van der Waals surface area contributed by atoms with E-state index in [2.05, 4.69) is 10.2 Å². The number of nitrogens with zero attached hydrogens (tertiary/aromatic N) is 4. The van der Waals surface area contributed by atoms with Gasteiger partial charge in [0.1, 0.15) is 0 Å². The van der Waals surface area contributed by atoms with Gasteiger partial charge in [0.15, 0.2) is 11.5 Å². The largest absolute Gasteiger partial charge is 0.493 e. The Kier molecular flexibility index (Phi) is 6.95. The number of carbonyl (C=O) groups is 2. The van der Waals surface area contributed by atoms with Crippen LogP contribution < -0.4 is 19.5 Å². The third kappa shape index (κ3) is 4.67. The lowest BCUT2D eigenvalue weighted by Gasteiger charge is -2.29. The summed E-state index contributed by atoms with van der Waals surface area (Å²) in [4.78, 5) is 28.1. The summed E-state index contributed by atoms with van der Waals surface area (Å²) in [5.41, 5.74) is 5.58. The molecule has 0 aromatic heterocycles. The smallest absolute Gasteiger partial charge is 0.256 e. The highest BCUT2D eigenvalue weighted by atomic mass is 16.5. The zero-order valence-electron chi connectivity index (χ0n) is 23.0. The molecule has 0 fully saturated rings. The third-order valence-electron chi connectivity index (χ3n) is 7.43. The number of anilines is 2. The molecular formula is C31H32N4O4. The van der Waals surface area contributed by atoms with Gasteiger partial charge in [-0.3, -0.25) is 9.59 Å². The number of carbonyl (C=O) groups excluding carboxylic acids is 2. The maximum atomic E-state index is 14.0. The molecule has 0 saturated carbocycles. The Bertz CT molecular complexity index is 1390. The van der Waals surface area contributed by atoms with Crippen molar-refractivity contribution < 1.29 is 19.1 Å². The second kappa shape index (κ2) is 10.4. The first-order valence-electron chi connectivity index (χ1n) is 12.9. The van der Waals surface area contributed by atoms with Crippen LogP contribution in [0.4, 0.5) is 11.4 Å². The molecule has 200 valence electrons. The molecule has 3 aromatic rings. The predicted molar refractivity (Wildman–Crippen MR) is 153 cm³/mol. The molecule has 0 radical (unpaired) electrons. The van der Waals surface area contributed by atoms with Crippen LogP contribution in [0, 0.1) is 25.7 Å². The van der Waals surface area contributed by atoms with Crippen LogP contribution in [0.15, 0.2) is 76.9 Å². The van der Waals surface area contributed by atoms with Crippen LogP contribution in [0.5, 0.6) is 11.5 Å². The molecule has 5 rings (SSSR count). The number of ether oxygens (including phenoxy) is 2. The number of aryl methyl sites for hydroxylation is 2. The van der Waals surface area contributed by atoms with Crippen LogP contribution in [0.1, 0.15) is 36.5 Å². The van der Waals surface area contributed by atoms with E-state index in [4.69, 9.17) is 9.47 Å². The summed E-state index contributed by atoms with van der Waals surface area (Å²) in [6.07, 6.45) is 0. The van der Waals surface area contributed by atoms with Crippen molar-refractivity contribution in [1.82, 2.24) is 0 Å². The molecular weight excluding hydrogens is 492 g/mol. The summed E-state index contributed by atoms with van der Waals surface area (Å²) in [6, 6.07) is 20.8. The van der Waals surface area contributed by atoms with Gasteiger partial charge in [-0.15, -0.1) is 0 Å². The molecule has 3 aromatic carbocycles. The normalized spacial score (nSPS) is 19.7. The molecule has 0 N–H and O–H groups in total. The van der Waals surface area contributed by atoms with Gasteiger partial charge in [0.2, 0.25) is 0 Å². The van der Waals surface area contributed by atoms with Gasteiger partial charge in [-0.1, -0.05) is 41.5 Å². The number of hydrogen-bond donors (Lipinski definition) is 0. The summed E-state index contributed by atoms with van der Waals surface area (Å²) >= 11 is 0. The maximum absolute atomic E-state index is 14.0. The molecule has 2 aliphatic heterocycles. The average Bonchev–Trinajstić information content (AvgIpc) is 3.39. The number of methoxy groups -OCH3 is 2. The quantitative estimate of drug-likeness (QED) is 0.410. The fourth-order valence-electron chi connectivity index (χ4n) is 5.37. The van der Waals surface area contributed by atoms with Crippen LogP contribution in [0.25, 0.3) is 0 Å². The lowest BCUT2D eigenvalue weighted by molar-refractivity contribution is -0.122. The van der Waals surface area contributed by atoms with Crippen molar-refractivity contribution in [3.05, 3.63) is 83.4 Å². The lowest BCUT2D eigenvalue weighted by Crippen LogP contribution is -2.40. The molecule has 2 amide bonds. The SMILES string of the molecule is COc1ccc(C(C2C(=O)N(c3ccc(C)cc3)N=C2C)C2C(=O)N(c3ccc(C)cc3)N=C2C)cc1OC. The van der Waals surface area contributed by atoms with E-state index in [1.807, 2.05) is 88.4 Å². The van der Waals surface area contributed by atoms with Gasteiger partial charge in [-0.25, -0.2) is 10.0 Å². The molecule has 2 aliphatic rings. The topological polar surface area (TPSA) is 83.8 Å². The summed E-state index contributed by atoms with van der Waals surface area (Å²) in [5, 5.41) is 12.2. The van der Waals surface area contributed by atoms with Crippen LogP contribution in [-0.4, -0.2) is 37.5 Å². The summed E-state index contributed by atoms with van der Waals surface area (Å²) in [5.74, 6) is -1.22.